The molecule has 0 bridgehead atoms. The number of ether oxygens (including phenoxy) is 1. The third-order valence-corrected chi connectivity index (χ3v) is 2.63. The first-order valence-corrected chi connectivity index (χ1v) is 6.53. The molecule has 1 amide bonds. The average Bonchev–Trinajstić information content (AvgIpc) is 2.34. The zero-order chi connectivity index (χ0) is 16.2. The molecule has 0 spiro atoms. The van der Waals surface area contributed by atoms with Gasteiger partial charge in [0.05, 0.1) is 6.54 Å². The van der Waals surface area contributed by atoms with E-state index in [1.165, 1.54) is 24.3 Å². The highest BCUT2D eigenvalue weighted by Crippen LogP contribution is 2.23. The fourth-order valence-corrected chi connectivity index (χ4v) is 1.59. The Hall–Kier alpha value is -1.66. The van der Waals surface area contributed by atoms with Crippen molar-refractivity contribution in [2.45, 2.75) is 26.4 Å². The molecule has 21 heavy (non-hydrogen) atoms. The lowest BCUT2D eigenvalue weighted by atomic mass is 10.1. The SMILES string of the molecule is CC(C)(C)OC(=O)N(N)CC(=C(F)F)c1ccc(Cl)cc1. The van der Waals surface area contributed by atoms with E-state index in [-0.39, 0.29) is 11.1 Å². The van der Waals surface area contributed by atoms with Gasteiger partial charge < -0.3 is 4.74 Å². The molecular formula is C14H17ClF2N2O2. The van der Waals surface area contributed by atoms with Crippen molar-refractivity contribution in [3.05, 3.63) is 40.9 Å². The van der Waals surface area contributed by atoms with E-state index >= 15 is 0 Å². The fraction of sp³-hybridized carbons (Fsp3) is 0.357. The lowest BCUT2D eigenvalue weighted by Gasteiger charge is -2.24. The van der Waals surface area contributed by atoms with Gasteiger partial charge in [-0.3, -0.25) is 0 Å². The van der Waals surface area contributed by atoms with Crippen LogP contribution in [0.2, 0.25) is 5.02 Å². The Balaban J connectivity index is 2.88. The second-order valence-electron chi connectivity index (χ2n) is 5.35. The van der Waals surface area contributed by atoms with E-state index in [0.29, 0.717) is 10.0 Å². The maximum Gasteiger partial charge on any atom is 0.424 e. The molecule has 0 radical (unpaired) electrons. The number of hydrogen-bond donors (Lipinski definition) is 1. The number of halogens is 3. The Morgan fingerprint density at radius 1 is 1.29 bits per heavy atom. The summed E-state index contributed by atoms with van der Waals surface area (Å²) in [7, 11) is 0. The second-order valence-corrected chi connectivity index (χ2v) is 5.79. The molecule has 0 aliphatic carbocycles. The number of amides is 1. The summed E-state index contributed by atoms with van der Waals surface area (Å²) in [4.78, 5) is 11.7. The Morgan fingerprint density at radius 3 is 2.24 bits per heavy atom. The number of benzene rings is 1. The Morgan fingerprint density at radius 2 is 1.81 bits per heavy atom. The second kappa shape index (κ2) is 6.87. The van der Waals surface area contributed by atoms with Crippen LogP contribution in [0.15, 0.2) is 30.3 Å². The van der Waals surface area contributed by atoms with Gasteiger partial charge in [-0.15, -0.1) is 0 Å². The predicted octanol–water partition coefficient (Wildman–Crippen LogP) is 4.06. The third-order valence-electron chi connectivity index (χ3n) is 2.38. The minimum Gasteiger partial charge on any atom is -0.443 e. The Labute approximate surface area is 127 Å². The van der Waals surface area contributed by atoms with Gasteiger partial charge in [0, 0.05) is 10.6 Å². The molecule has 1 aromatic rings. The quantitative estimate of drug-likeness (QED) is 0.519. The Bertz CT molecular complexity index is 535. The van der Waals surface area contributed by atoms with E-state index < -0.39 is 24.3 Å². The normalized spacial score (nSPS) is 11.0. The summed E-state index contributed by atoms with van der Waals surface area (Å²) < 4.78 is 31.1. The van der Waals surface area contributed by atoms with Gasteiger partial charge in [-0.2, -0.15) is 8.78 Å². The van der Waals surface area contributed by atoms with E-state index in [4.69, 9.17) is 22.2 Å². The molecule has 0 saturated carbocycles. The zero-order valence-corrected chi connectivity index (χ0v) is 12.7. The predicted molar refractivity (Wildman–Crippen MR) is 77.7 cm³/mol. The van der Waals surface area contributed by atoms with Gasteiger partial charge >= 0.3 is 6.09 Å². The van der Waals surface area contributed by atoms with Crippen LogP contribution in [0, 0.1) is 0 Å². The van der Waals surface area contributed by atoms with Crippen LogP contribution in [0.5, 0.6) is 0 Å². The van der Waals surface area contributed by atoms with Gasteiger partial charge in [-0.25, -0.2) is 15.6 Å². The van der Waals surface area contributed by atoms with Gasteiger partial charge in [0.15, 0.2) is 0 Å². The maximum atomic E-state index is 13.1. The van der Waals surface area contributed by atoms with Crippen molar-refractivity contribution in [3.63, 3.8) is 0 Å². The van der Waals surface area contributed by atoms with Gasteiger partial charge in [0.1, 0.15) is 5.60 Å². The van der Waals surface area contributed by atoms with Gasteiger partial charge in [0.25, 0.3) is 6.08 Å². The van der Waals surface area contributed by atoms with Crippen LogP contribution in [0.3, 0.4) is 0 Å². The maximum absolute atomic E-state index is 13.1. The van der Waals surface area contributed by atoms with Crippen molar-refractivity contribution in [1.29, 1.82) is 0 Å². The molecule has 0 heterocycles. The fourth-order valence-electron chi connectivity index (χ4n) is 1.47. The molecule has 4 nitrogen and oxygen atoms in total. The minimum absolute atomic E-state index is 0.235. The molecular weight excluding hydrogens is 302 g/mol. The summed E-state index contributed by atoms with van der Waals surface area (Å²) in [6.07, 6.45) is -2.80. The standard InChI is InChI=1S/C14H17ClF2N2O2/c1-14(2,3)21-13(20)19(18)8-11(12(16)17)9-4-6-10(15)7-5-9/h4-7H,8,18H2,1-3H3. The van der Waals surface area contributed by atoms with Crippen molar-refractivity contribution in [2.75, 3.05) is 6.54 Å². The lowest BCUT2D eigenvalue weighted by molar-refractivity contribution is 0.0273. The zero-order valence-electron chi connectivity index (χ0n) is 12.0. The summed E-state index contributed by atoms with van der Waals surface area (Å²) in [6, 6.07) is 5.82. The van der Waals surface area contributed by atoms with E-state index in [0.717, 1.165) is 0 Å². The summed E-state index contributed by atoms with van der Waals surface area (Å²) >= 11 is 5.71. The highest BCUT2D eigenvalue weighted by atomic mass is 35.5. The average molecular weight is 319 g/mol. The van der Waals surface area contributed by atoms with E-state index in [1.807, 2.05) is 0 Å². The molecule has 0 aliphatic rings. The van der Waals surface area contributed by atoms with Gasteiger partial charge in [-0.05, 0) is 38.5 Å². The van der Waals surface area contributed by atoms with E-state index in [9.17, 15) is 13.6 Å². The first kappa shape index (κ1) is 17.4. The summed E-state index contributed by atoms with van der Waals surface area (Å²) in [6.45, 7) is 4.50. The van der Waals surface area contributed by atoms with E-state index in [1.54, 1.807) is 20.8 Å². The summed E-state index contributed by atoms with van der Waals surface area (Å²) in [5.74, 6) is 5.50. The largest absolute Gasteiger partial charge is 0.443 e. The van der Waals surface area contributed by atoms with Crippen molar-refractivity contribution < 1.29 is 18.3 Å². The Kier molecular flexibility index (Phi) is 5.69. The van der Waals surface area contributed by atoms with Gasteiger partial charge in [0.2, 0.25) is 0 Å². The van der Waals surface area contributed by atoms with Crippen LogP contribution >= 0.6 is 11.6 Å². The molecule has 0 aliphatic heterocycles. The number of carbonyl (C=O) groups excluding carboxylic acids is 1. The number of nitrogens with two attached hydrogens (primary N) is 1. The molecule has 1 rings (SSSR count). The molecule has 0 atom stereocenters. The summed E-state index contributed by atoms with van der Waals surface area (Å²) in [5.41, 5.74) is -0.883. The molecule has 0 aromatic heterocycles. The highest BCUT2D eigenvalue weighted by Gasteiger charge is 2.22. The van der Waals surface area contributed by atoms with Crippen LogP contribution in [0.1, 0.15) is 26.3 Å². The van der Waals surface area contributed by atoms with Crippen LogP contribution < -0.4 is 5.84 Å². The first-order chi connectivity index (χ1) is 9.60. The molecule has 1 aromatic carbocycles. The van der Waals surface area contributed by atoms with Crippen LogP contribution in [-0.2, 0) is 4.74 Å². The lowest BCUT2D eigenvalue weighted by Crippen LogP contribution is -2.42. The molecule has 7 heteroatoms. The van der Waals surface area contributed by atoms with E-state index in [2.05, 4.69) is 0 Å². The number of nitrogens with zero attached hydrogens (tertiary/aromatic N) is 1. The molecule has 0 fully saturated rings. The van der Waals surface area contributed by atoms with Crippen LogP contribution in [0.4, 0.5) is 13.6 Å². The van der Waals surface area contributed by atoms with Crippen LogP contribution in [-0.4, -0.2) is 23.2 Å². The molecule has 0 saturated heterocycles. The smallest absolute Gasteiger partial charge is 0.424 e. The number of hydrazine groups is 1. The first-order valence-electron chi connectivity index (χ1n) is 6.15. The number of hydrogen-bond acceptors (Lipinski definition) is 3. The highest BCUT2D eigenvalue weighted by molar-refractivity contribution is 6.30. The van der Waals surface area contributed by atoms with Crippen molar-refractivity contribution >= 4 is 23.3 Å². The molecule has 116 valence electrons. The van der Waals surface area contributed by atoms with Crippen molar-refractivity contribution in [3.8, 4) is 0 Å². The molecule has 2 N–H and O–H groups in total. The van der Waals surface area contributed by atoms with Gasteiger partial charge in [-0.1, -0.05) is 23.7 Å². The number of carbonyl (C=O) groups is 1. The number of rotatable bonds is 3. The topological polar surface area (TPSA) is 55.6 Å². The van der Waals surface area contributed by atoms with Crippen molar-refractivity contribution in [2.24, 2.45) is 5.84 Å². The minimum atomic E-state index is -1.92. The summed E-state index contributed by atoms with van der Waals surface area (Å²) in [5, 5.41) is 1.03. The van der Waals surface area contributed by atoms with Crippen LogP contribution in [0.25, 0.3) is 5.57 Å². The molecule has 0 unspecified atom stereocenters. The monoisotopic (exact) mass is 318 g/mol. The third kappa shape index (κ3) is 5.69. The van der Waals surface area contributed by atoms with Crippen molar-refractivity contribution in [1.82, 2.24) is 5.01 Å².